The quantitative estimate of drug-likeness (QED) is 0.183. The highest BCUT2D eigenvalue weighted by Crippen LogP contribution is 2.45. The van der Waals surface area contributed by atoms with E-state index in [2.05, 4.69) is 168 Å². The van der Waals surface area contributed by atoms with E-state index in [4.69, 9.17) is 0 Å². The molecule has 0 aliphatic heterocycles. The van der Waals surface area contributed by atoms with Gasteiger partial charge in [-0.25, -0.2) is 0 Å². The van der Waals surface area contributed by atoms with Crippen LogP contribution < -0.4 is 0 Å². The fraction of sp³-hybridized carbons (Fsp3) is 0. The summed E-state index contributed by atoms with van der Waals surface area (Å²) in [5.41, 5.74) is 6.12. The summed E-state index contributed by atoms with van der Waals surface area (Å²) in [5.74, 6) is 0. The van der Waals surface area contributed by atoms with Crippen LogP contribution in [0.3, 0.4) is 0 Å². The first-order valence-electron chi connectivity index (χ1n) is 15.6. The third-order valence-electron chi connectivity index (χ3n) is 9.73. The Morgan fingerprint density at radius 2 is 0.778 bits per heavy atom. The van der Waals surface area contributed by atoms with E-state index in [0.717, 1.165) is 0 Å². The standard InChI is InChI=1S/C44H27N/c1-2-13-29(14-3-1)45-40-23-11-10-21-38(40)42-30(22-12-24-41(42)45)28-25-26-37-39(27-28)33-17-6-9-20-36(33)43-34-18-7-4-15-31(34)32-16-5-8-19-35(32)44(37)43/h1-27H. The molecule has 0 saturated heterocycles. The molecule has 10 rings (SSSR count). The molecule has 1 nitrogen and oxygen atoms in total. The van der Waals surface area contributed by atoms with E-state index in [-0.39, 0.29) is 0 Å². The topological polar surface area (TPSA) is 4.93 Å². The van der Waals surface area contributed by atoms with Crippen molar-refractivity contribution in [3.63, 3.8) is 0 Å². The highest BCUT2D eigenvalue weighted by molar-refractivity contribution is 6.39. The molecule has 0 aliphatic carbocycles. The maximum absolute atomic E-state index is 2.43. The lowest BCUT2D eigenvalue weighted by Crippen LogP contribution is -1.93. The largest absolute Gasteiger partial charge is 0.309 e. The van der Waals surface area contributed by atoms with Crippen molar-refractivity contribution < 1.29 is 0 Å². The minimum Gasteiger partial charge on any atom is -0.309 e. The number of benzene rings is 9. The highest BCUT2D eigenvalue weighted by Gasteiger charge is 2.19. The van der Waals surface area contributed by atoms with Crippen LogP contribution in [0.4, 0.5) is 0 Å². The van der Waals surface area contributed by atoms with E-state index < -0.39 is 0 Å². The second-order valence-electron chi connectivity index (χ2n) is 12.0. The van der Waals surface area contributed by atoms with Crippen LogP contribution in [-0.2, 0) is 0 Å². The van der Waals surface area contributed by atoms with Crippen LogP contribution in [0, 0.1) is 0 Å². The summed E-state index contributed by atoms with van der Waals surface area (Å²) in [7, 11) is 0. The van der Waals surface area contributed by atoms with Gasteiger partial charge in [-0.1, -0.05) is 133 Å². The van der Waals surface area contributed by atoms with Crippen molar-refractivity contribution in [1.29, 1.82) is 0 Å². The molecule has 0 N–H and O–H groups in total. The van der Waals surface area contributed by atoms with Crippen LogP contribution in [0.5, 0.6) is 0 Å². The van der Waals surface area contributed by atoms with Crippen molar-refractivity contribution in [3.05, 3.63) is 164 Å². The van der Waals surface area contributed by atoms with E-state index >= 15 is 0 Å². The summed E-state index contributed by atoms with van der Waals surface area (Å²) in [4.78, 5) is 0. The van der Waals surface area contributed by atoms with Crippen molar-refractivity contribution in [3.8, 4) is 16.8 Å². The molecule has 0 fully saturated rings. The van der Waals surface area contributed by atoms with Crippen LogP contribution in [0.1, 0.15) is 0 Å². The van der Waals surface area contributed by atoms with Crippen LogP contribution in [-0.4, -0.2) is 4.57 Å². The molecule has 0 saturated carbocycles. The lowest BCUT2D eigenvalue weighted by molar-refractivity contribution is 1.18. The van der Waals surface area contributed by atoms with Gasteiger partial charge in [0.2, 0.25) is 0 Å². The number of fused-ring (bicyclic) bond motifs is 14. The Hall–Kier alpha value is -5.92. The molecule has 0 unspecified atom stereocenters. The maximum Gasteiger partial charge on any atom is 0.0547 e. The Morgan fingerprint density at radius 1 is 0.289 bits per heavy atom. The fourth-order valence-electron chi connectivity index (χ4n) is 7.90. The van der Waals surface area contributed by atoms with Gasteiger partial charge in [0, 0.05) is 16.5 Å². The zero-order chi connectivity index (χ0) is 29.5. The molecule has 1 heterocycles. The van der Waals surface area contributed by atoms with E-state index in [1.807, 2.05) is 0 Å². The Morgan fingerprint density at radius 3 is 1.42 bits per heavy atom. The zero-order valence-electron chi connectivity index (χ0n) is 24.5. The fourth-order valence-corrected chi connectivity index (χ4v) is 7.90. The molecule has 208 valence electrons. The Bertz CT molecular complexity index is 2800. The average Bonchev–Trinajstić information content (AvgIpc) is 3.46. The summed E-state index contributed by atoms with van der Waals surface area (Å²) >= 11 is 0. The third-order valence-corrected chi connectivity index (χ3v) is 9.73. The van der Waals surface area contributed by atoms with Gasteiger partial charge >= 0.3 is 0 Å². The molecule has 0 bridgehead atoms. The monoisotopic (exact) mass is 569 g/mol. The molecule has 0 atom stereocenters. The molecular formula is C44H27N. The summed E-state index contributed by atoms with van der Waals surface area (Å²) in [6, 6.07) is 60.2. The van der Waals surface area contributed by atoms with Gasteiger partial charge in [-0.05, 0) is 95.3 Å². The molecule has 0 amide bonds. The van der Waals surface area contributed by atoms with Crippen molar-refractivity contribution in [2.45, 2.75) is 0 Å². The molecule has 0 radical (unpaired) electrons. The molecule has 45 heavy (non-hydrogen) atoms. The number of nitrogens with zero attached hydrogens (tertiary/aromatic N) is 1. The lowest BCUT2D eigenvalue weighted by atomic mass is 9.86. The lowest BCUT2D eigenvalue weighted by Gasteiger charge is -2.17. The number of rotatable bonds is 2. The minimum absolute atomic E-state index is 1.18. The summed E-state index contributed by atoms with van der Waals surface area (Å²) < 4.78 is 2.40. The van der Waals surface area contributed by atoms with Gasteiger partial charge in [0.05, 0.1) is 11.0 Å². The summed E-state index contributed by atoms with van der Waals surface area (Å²) in [6.45, 7) is 0. The van der Waals surface area contributed by atoms with Gasteiger partial charge in [0.15, 0.2) is 0 Å². The van der Waals surface area contributed by atoms with Crippen molar-refractivity contribution in [1.82, 2.24) is 4.57 Å². The Labute approximate surface area is 260 Å². The van der Waals surface area contributed by atoms with Gasteiger partial charge in [-0.15, -0.1) is 0 Å². The highest BCUT2D eigenvalue weighted by atomic mass is 15.0. The van der Waals surface area contributed by atoms with Gasteiger partial charge in [0.1, 0.15) is 0 Å². The molecule has 1 aromatic heterocycles. The third kappa shape index (κ3) is 3.38. The number of para-hydroxylation sites is 2. The zero-order valence-corrected chi connectivity index (χ0v) is 24.5. The van der Waals surface area contributed by atoms with E-state index in [1.165, 1.54) is 92.5 Å². The van der Waals surface area contributed by atoms with Gasteiger partial charge in [-0.3, -0.25) is 0 Å². The SMILES string of the molecule is c1ccc(-n2c3ccccc3c3c(-c4ccc5c(c4)c4ccccc4c4c6ccccc6c6ccccc6c54)cccc32)cc1. The number of hydrogen-bond acceptors (Lipinski definition) is 0. The van der Waals surface area contributed by atoms with E-state index in [9.17, 15) is 0 Å². The molecule has 0 spiro atoms. The van der Waals surface area contributed by atoms with E-state index in [1.54, 1.807) is 0 Å². The van der Waals surface area contributed by atoms with Crippen molar-refractivity contribution in [2.75, 3.05) is 0 Å². The van der Waals surface area contributed by atoms with Gasteiger partial charge < -0.3 is 4.57 Å². The second-order valence-corrected chi connectivity index (χ2v) is 12.0. The first kappa shape index (κ1) is 24.5. The number of aromatic nitrogens is 1. The average molecular weight is 570 g/mol. The molecule has 9 aromatic carbocycles. The minimum atomic E-state index is 1.18. The maximum atomic E-state index is 2.43. The smallest absolute Gasteiger partial charge is 0.0547 e. The summed E-state index contributed by atoms with van der Waals surface area (Å²) in [5, 5.41) is 15.7. The van der Waals surface area contributed by atoms with Gasteiger partial charge in [-0.2, -0.15) is 0 Å². The summed E-state index contributed by atoms with van der Waals surface area (Å²) in [6.07, 6.45) is 0. The predicted molar refractivity (Wildman–Crippen MR) is 194 cm³/mol. The first-order valence-corrected chi connectivity index (χ1v) is 15.6. The second kappa shape index (κ2) is 9.29. The van der Waals surface area contributed by atoms with Crippen LogP contribution in [0.2, 0.25) is 0 Å². The Kier molecular flexibility index (Phi) is 5.06. The van der Waals surface area contributed by atoms with Crippen molar-refractivity contribution >= 4 is 75.7 Å². The normalized spacial score (nSPS) is 12.0. The van der Waals surface area contributed by atoms with Crippen LogP contribution in [0.15, 0.2) is 164 Å². The predicted octanol–water partition coefficient (Wildman–Crippen LogP) is 12.2. The van der Waals surface area contributed by atoms with Crippen LogP contribution >= 0.6 is 0 Å². The number of hydrogen-bond donors (Lipinski definition) is 0. The van der Waals surface area contributed by atoms with Gasteiger partial charge in [0.25, 0.3) is 0 Å². The molecule has 1 heteroatoms. The van der Waals surface area contributed by atoms with E-state index in [0.29, 0.717) is 0 Å². The van der Waals surface area contributed by atoms with Crippen molar-refractivity contribution in [2.24, 2.45) is 0 Å². The first-order chi connectivity index (χ1) is 22.4. The molecule has 10 aromatic rings. The Balaban J connectivity index is 1.35. The molecule has 0 aliphatic rings. The van der Waals surface area contributed by atoms with Crippen LogP contribution in [0.25, 0.3) is 92.5 Å². The molecular weight excluding hydrogens is 542 g/mol.